The van der Waals surface area contributed by atoms with Crippen LogP contribution in [-0.2, 0) is 0 Å². The molecule has 0 saturated carbocycles. The molecule has 0 bridgehead atoms. The van der Waals surface area contributed by atoms with Gasteiger partial charge in [0.05, 0.1) is 17.4 Å². The molecule has 0 radical (unpaired) electrons. The Morgan fingerprint density at radius 1 is 0.833 bits per heavy atom. The lowest BCUT2D eigenvalue weighted by molar-refractivity contribution is 0.203. The maximum atomic E-state index is 10.2. The van der Waals surface area contributed by atoms with E-state index in [4.69, 9.17) is 0 Å². The molecule has 122 valence electrons. The van der Waals surface area contributed by atoms with Crippen molar-refractivity contribution in [3.05, 3.63) is 90.0 Å². The second-order valence-electron chi connectivity index (χ2n) is 5.81. The van der Waals surface area contributed by atoms with Gasteiger partial charge in [-0.15, -0.1) is 0 Å². The van der Waals surface area contributed by atoms with Gasteiger partial charge in [0.2, 0.25) is 0 Å². The summed E-state index contributed by atoms with van der Waals surface area (Å²) in [7, 11) is 2.03. The Kier molecular flexibility index (Phi) is 4.87. The largest absolute Gasteiger partial charge is 0.508 e. The van der Waals surface area contributed by atoms with Crippen molar-refractivity contribution in [1.82, 2.24) is 14.9 Å². The Hall–Kier alpha value is -2.72. The van der Waals surface area contributed by atoms with E-state index in [1.54, 1.807) is 18.5 Å². The van der Waals surface area contributed by atoms with Crippen LogP contribution >= 0.6 is 0 Å². The highest BCUT2D eigenvalue weighted by molar-refractivity contribution is 5.35. The van der Waals surface area contributed by atoms with Crippen LogP contribution in [0.3, 0.4) is 0 Å². The molecule has 0 saturated heterocycles. The van der Waals surface area contributed by atoms with Crippen LogP contribution in [0.1, 0.15) is 36.0 Å². The molecule has 0 fully saturated rings. The van der Waals surface area contributed by atoms with Crippen LogP contribution in [0, 0.1) is 0 Å². The third kappa shape index (κ3) is 3.29. The van der Waals surface area contributed by atoms with Gasteiger partial charge in [0.25, 0.3) is 0 Å². The molecule has 3 aromatic rings. The number of hydrogen-bond acceptors (Lipinski definition) is 4. The number of pyridine rings is 2. The van der Waals surface area contributed by atoms with Gasteiger partial charge in [-0.2, -0.15) is 0 Å². The minimum absolute atomic E-state index is 0.000197. The normalized spacial score (nSPS) is 12.5. The number of hydrogen-bond donors (Lipinski definition) is 1. The zero-order valence-corrected chi connectivity index (χ0v) is 13.9. The maximum absolute atomic E-state index is 10.2. The second kappa shape index (κ2) is 7.23. The van der Waals surface area contributed by atoms with E-state index in [2.05, 4.69) is 21.8 Å². The van der Waals surface area contributed by atoms with Gasteiger partial charge in [0, 0.05) is 24.0 Å². The van der Waals surface area contributed by atoms with Crippen LogP contribution < -0.4 is 0 Å². The maximum Gasteiger partial charge on any atom is 0.120 e. The highest BCUT2D eigenvalue weighted by Gasteiger charge is 2.27. The average Bonchev–Trinajstić information content (AvgIpc) is 2.63. The number of para-hydroxylation sites is 1. The minimum Gasteiger partial charge on any atom is -0.508 e. The van der Waals surface area contributed by atoms with E-state index in [1.165, 1.54) is 0 Å². The number of benzene rings is 1. The van der Waals surface area contributed by atoms with E-state index in [0.717, 1.165) is 17.0 Å². The summed E-state index contributed by atoms with van der Waals surface area (Å²) in [5, 5.41) is 10.2. The first-order valence-electron chi connectivity index (χ1n) is 8.00. The second-order valence-corrected chi connectivity index (χ2v) is 5.81. The molecule has 0 unspecified atom stereocenters. The zero-order chi connectivity index (χ0) is 16.9. The Bertz CT molecular complexity index is 738. The fourth-order valence-electron chi connectivity index (χ4n) is 2.93. The molecule has 1 atom stereocenters. The topological polar surface area (TPSA) is 49.2 Å². The molecule has 0 spiro atoms. The molecule has 1 aromatic carbocycles. The van der Waals surface area contributed by atoms with E-state index in [1.807, 2.05) is 61.6 Å². The SMILES string of the molecule is C[C@@H](c1ccccc1O)N(C)C(c1ccccn1)c1ccccn1. The molecule has 2 aromatic heterocycles. The third-order valence-corrected chi connectivity index (χ3v) is 4.34. The van der Waals surface area contributed by atoms with Gasteiger partial charge in [-0.3, -0.25) is 14.9 Å². The first kappa shape index (κ1) is 16.1. The summed E-state index contributed by atoms with van der Waals surface area (Å²) >= 11 is 0. The van der Waals surface area contributed by atoms with E-state index < -0.39 is 0 Å². The van der Waals surface area contributed by atoms with Crippen molar-refractivity contribution in [3.63, 3.8) is 0 Å². The molecule has 1 N–H and O–H groups in total. The molecule has 0 amide bonds. The summed E-state index contributed by atoms with van der Waals surface area (Å²) in [5.41, 5.74) is 2.75. The lowest BCUT2D eigenvalue weighted by atomic mass is 10.0. The smallest absolute Gasteiger partial charge is 0.120 e. The molecular weight excluding hydrogens is 298 g/mol. The van der Waals surface area contributed by atoms with Crippen molar-refractivity contribution in [3.8, 4) is 5.75 Å². The van der Waals surface area contributed by atoms with Gasteiger partial charge >= 0.3 is 0 Å². The number of nitrogens with zero attached hydrogens (tertiary/aromatic N) is 3. The summed E-state index contributed by atoms with van der Waals surface area (Å²) in [6.07, 6.45) is 3.59. The van der Waals surface area contributed by atoms with Gasteiger partial charge in [-0.25, -0.2) is 0 Å². The fourth-order valence-corrected chi connectivity index (χ4v) is 2.93. The Labute approximate surface area is 142 Å². The molecule has 3 rings (SSSR count). The number of aromatic nitrogens is 2. The van der Waals surface area contributed by atoms with Crippen LogP contribution in [-0.4, -0.2) is 27.0 Å². The van der Waals surface area contributed by atoms with Gasteiger partial charge in [0.1, 0.15) is 5.75 Å². The van der Waals surface area contributed by atoms with Crippen molar-refractivity contribution >= 4 is 0 Å². The number of rotatable bonds is 5. The van der Waals surface area contributed by atoms with Crippen LogP contribution in [0.25, 0.3) is 0 Å². The summed E-state index contributed by atoms with van der Waals surface area (Å²) in [6, 6.07) is 19.1. The van der Waals surface area contributed by atoms with Crippen molar-refractivity contribution in [1.29, 1.82) is 0 Å². The van der Waals surface area contributed by atoms with Gasteiger partial charge in [-0.05, 0) is 44.3 Å². The number of aromatic hydroxyl groups is 1. The van der Waals surface area contributed by atoms with Crippen LogP contribution in [0.2, 0.25) is 0 Å². The third-order valence-electron chi connectivity index (χ3n) is 4.34. The zero-order valence-electron chi connectivity index (χ0n) is 13.9. The van der Waals surface area contributed by atoms with Gasteiger partial charge < -0.3 is 5.11 Å². The lowest BCUT2D eigenvalue weighted by Gasteiger charge is -2.33. The lowest BCUT2D eigenvalue weighted by Crippen LogP contribution is -2.29. The average molecular weight is 319 g/mol. The van der Waals surface area contributed by atoms with Crippen molar-refractivity contribution in [2.45, 2.75) is 19.0 Å². The van der Waals surface area contributed by atoms with Crippen LogP contribution in [0.5, 0.6) is 5.75 Å². The van der Waals surface area contributed by atoms with E-state index in [-0.39, 0.29) is 12.1 Å². The Morgan fingerprint density at radius 3 is 1.88 bits per heavy atom. The highest BCUT2D eigenvalue weighted by Crippen LogP contribution is 2.35. The van der Waals surface area contributed by atoms with Crippen LogP contribution in [0.4, 0.5) is 0 Å². The summed E-state index contributed by atoms with van der Waals surface area (Å²) in [6.45, 7) is 2.08. The molecular formula is C20H21N3O. The predicted octanol–water partition coefficient (Wildman–Crippen LogP) is 3.96. The van der Waals surface area contributed by atoms with Crippen molar-refractivity contribution < 1.29 is 5.11 Å². The molecule has 2 heterocycles. The van der Waals surface area contributed by atoms with Gasteiger partial charge in [-0.1, -0.05) is 30.3 Å². The van der Waals surface area contributed by atoms with Crippen molar-refractivity contribution in [2.75, 3.05) is 7.05 Å². The first-order chi connectivity index (χ1) is 11.7. The molecule has 0 aliphatic carbocycles. The summed E-state index contributed by atoms with van der Waals surface area (Å²) < 4.78 is 0. The first-order valence-corrected chi connectivity index (χ1v) is 8.00. The molecule has 4 nitrogen and oxygen atoms in total. The summed E-state index contributed by atoms with van der Waals surface area (Å²) in [5.74, 6) is 0.303. The monoisotopic (exact) mass is 319 g/mol. The number of phenols is 1. The van der Waals surface area contributed by atoms with Crippen LogP contribution in [0.15, 0.2) is 73.1 Å². The van der Waals surface area contributed by atoms with Crippen molar-refractivity contribution in [2.24, 2.45) is 0 Å². The minimum atomic E-state index is -0.0954. The highest BCUT2D eigenvalue weighted by atomic mass is 16.3. The van der Waals surface area contributed by atoms with E-state index >= 15 is 0 Å². The number of phenolic OH excluding ortho intramolecular Hbond substituents is 1. The fraction of sp³-hybridized carbons (Fsp3) is 0.200. The molecule has 0 aliphatic heterocycles. The summed E-state index contributed by atoms with van der Waals surface area (Å²) in [4.78, 5) is 11.2. The standard InChI is InChI=1S/C20H21N3O/c1-15(16-9-3-4-12-19(16)24)23(2)20(17-10-5-7-13-21-17)18-11-6-8-14-22-18/h3-15,20,24H,1-2H3/t15-/m0/s1. The molecule has 0 aliphatic rings. The van der Waals surface area contributed by atoms with Gasteiger partial charge in [0.15, 0.2) is 0 Å². The quantitative estimate of drug-likeness (QED) is 0.773. The van der Waals surface area contributed by atoms with E-state index in [9.17, 15) is 5.11 Å². The van der Waals surface area contributed by atoms with E-state index in [0.29, 0.717) is 5.75 Å². The Balaban J connectivity index is 2.01. The molecule has 4 heteroatoms. The Morgan fingerprint density at radius 2 is 1.38 bits per heavy atom. The predicted molar refractivity (Wildman–Crippen MR) is 94.6 cm³/mol. The molecule has 24 heavy (non-hydrogen) atoms.